The lowest BCUT2D eigenvalue weighted by atomic mass is 10.2. The smallest absolute Gasteiger partial charge is 0.251 e. The van der Waals surface area contributed by atoms with Gasteiger partial charge in [-0.3, -0.25) is 4.79 Å². The molecule has 7 heteroatoms. The Morgan fingerprint density at radius 2 is 1.86 bits per heavy atom. The molecule has 0 atom stereocenters. The minimum Gasteiger partial charge on any atom is -0.493 e. The Morgan fingerprint density at radius 3 is 2.50 bits per heavy atom. The van der Waals surface area contributed by atoms with Gasteiger partial charge < -0.3 is 10.1 Å². The van der Waals surface area contributed by atoms with E-state index in [1.165, 1.54) is 12.1 Å². The summed E-state index contributed by atoms with van der Waals surface area (Å²) in [5.74, 6) is 0.937. The van der Waals surface area contributed by atoms with E-state index in [4.69, 9.17) is 4.74 Å². The lowest BCUT2D eigenvalue weighted by Gasteiger charge is -2.10. The molecule has 2 aromatic rings. The van der Waals surface area contributed by atoms with Crippen LogP contribution in [0.25, 0.3) is 0 Å². The van der Waals surface area contributed by atoms with Crippen LogP contribution in [0.5, 0.6) is 5.75 Å². The second-order valence-electron chi connectivity index (χ2n) is 7.45. The van der Waals surface area contributed by atoms with Crippen molar-refractivity contribution in [3.8, 4) is 5.75 Å². The van der Waals surface area contributed by atoms with Crippen LogP contribution in [0.4, 0.5) is 0 Å². The minimum atomic E-state index is -3.58. The molecule has 150 valence electrons. The fourth-order valence-corrected chi connectivity index (χ4v) is 3.89. The Bertz CT molecular complexity index is 920. The maximum absolute atomic E-state index is 12.4. The topological polar surface area (TPSA) is 84.5 Å². The number of sulfonamides is 1. The van der Waals surface area contributed by atoms with Crippen molar-refractivity contribution in [3.63, 3.8) is 0 Å². The van der Waals surface area contributed by atoms with Gasteiger partial charge >= 0.3 is 0 Å². The van der Waals surface area contributed by atoms with Crippen molar-refractivity contribution < 1.29 is 17.9 Å². The summed E-state index contributed by atoms with van der Waals surface area (Å²) in [5.41, 5.74) is 1.25. The number of carbonyl (C=O) groups is 1. The Hall–Kier alpha value is -2.38. The van der Waals surface area contributed by atoms with Gasteiger partial charge in [0.25, 0.3) is 5.91 Å². The molecule has 3 rings (SSSR count). The molecule has 28 heavy (non-hydrogen) atoms. The van der Waals surface area contributed by atoms with E-state index in [0.717, 1.165) is 24.2 Å². The molecule has 0 aliphatic heterocycles. The van der Waals surface area contributed by atoms with E-state index in [0.29, 0.717) is 24.6 Å². The van der Waals surface area contributed by atoms with Crippen LogP contribution in [-0.4, -0.2) is 27.0 Å². The van der Waals surface area contributed by atoms with E-state index in [2.05, 4.69) is 23.9 Å². The van der Waals surface area contributed by atoms with Crippen LogP contribution < -0.4 is 14.8 Å². The second-order valence-corrected chi connectivity index (χ2v) is 9.17. The van der Waals surface area contributed by atoms with Crippen LogP contribution >= 0.6 is 0 Å². The van der Waals surface area contributed by atoms with Crippen molar-refractivity contribution in [2.45, 2.75) is 44.2 Å². The maximum Gasteiger partial charge on any atom is 0.251 e. The van der Waals surface area contributed by atoms with Crippen LogP contribution in [0, 0.1) is 5.92 Å². The fourth-order valence-electron chi connectivity index (χ4n) is 2.54. The number of carbonyl (C=O) groups excluding carboxylic acids is 1. The number of hydrogen-bond acceptors (Lipinski definition) is 4. The first-order chi connectivity index (χ1) is 13.3. The Morgan fingerprint density at radius 1 is 1.14 bits per heavy atom. The highest BCUT2D eigenvalue weighted by Gasteiger charge is 2.28. The molecule has 0 spiro atoms. The van der Waals surface area contributed by atoms with Crippen molar-refractivity contribution in [1.29, 1.82) is 0 Å². The van der Waals surface area contributed by atoms with Crippen molar-refractivity contribution in [3.05, 3.63) is 59.7 Å². The molecule has 6 nitrogen and oxygen atoms in total. The summed E-state index contributed by atoms with van der Waals surface area (Å²) in [6.45, 7) is 5.18. The first-order valence-corrected chi connectivity index (χ1v) is 10.9. The van der Waals surface area contributed by atoms with Crippen LogP contribution in [0.2, 0.25) is 0 Å². The first kappa shape index (κ1) is 20.4. The Kier molecular flexibility index (Phi) is 6.36. The van der Waals surface area contributed by atoms with Crippen molar-refractivity contribution >= 4 is 15.9 Å². The van der Waals surface area contributed by atoms with Gasteiger partial charge in [0.1, 0.15) is 5.75 Å². The molecule has 1 amide bonds. The predicted molar refractivity (Wildman–Crippen MR) is 108 cm³/mol. The summed E-state index contributed by atoms with van der Waals surface area (Å²) in [5, 5.41) is 2.82. The zero-order chi connectivity index (χ0) is 20.1. The van der Waals surface area contributed by atoms with E-state index in [1.807, 2.05) is 24.3 Å². The predicted octanol–water partition coefficient (Wildman–Crippen LogP) is 3.09. The summed E-state index contributed by atoms with van der Waals surface area (Å²) >= 11 is 0. The summed E-state index contributed by atoms with van der Waals surface area (Å²) < 4.78 is 32.9. The third-order valence-corrected chi connectivity index (χ3v) is 5.78. The highest BCUT2D eigenvalue weighted by atomic mass is 32.2. The standard InChI is InChI=1S/C21H26N2O4S/c1-15(2)14-27-19-10-6-16(7-11-19)13-22-21(24)17-4-3-5-20(12-17)28(25,26)23-18-8-9-18/h3-7,10-12,15,18,23H,8-9,13-14H2,1-2H3,(H,22,24). The molecule has 2 N–H and O–H groups in total. The third kappa shape index (κ3) is 5.81. The maximum atomic E-state index is 12.4. The molecule has 0 unspecified atom stereocenters. The number of benzene rings is 2. The zero-order valence-electron chi connectivity index (χ0n) is 16.1. The van der Waals surface area contributed by atoms with E-state index in [9.17, 15) is 13.2 Å². The molecular formula is C21H26N2O4S. The number of nitrogens with one attached hydrogen (secondary N) is 2. The number of rotatable bonds is 9. The third-order valence-electron chi connectivity index (χ3n) is 4.27. The molecule has 0 radical (unpaired) electrons. The SMILES string of the molecule is CC(C)COc1ccc(CNC(=O)c2cccc(S(=O)(=O)NC3CC3)c2)cc1. The summed E-state index contributed by atoms with van der Waals surface area (Å²) in [4.78, 5) is 12.5. The second kappa shape index (κ2) is 8.75. The van der Waals surface area contributed by atoms with Gasteiger partial charge in [-0.15, -0.1) is 0 Å². The molecule has 1 aliphatic rings. The van der Waals surface area contributed by atoms with Gasteiger partial charge in [-0.1, -0.05) is 32.0 Å². The average molecular weight is 403 g/mol. The quantitative estimate of drug-likeness (QED) is 0.675. The number of ether oxygens (including phenoxy) is 1. The lowest BCUT2D eigenvalue weighted by molar-refractivity contribution is 0.0950. The molecule has 0 bridgehead atoms. The Labute approximate surface area is 166 Å². The van der Waals surface area contributed by atoms with Gasteiger partial charge in [0, 0.05) is 18.2 Å². The summed E-state index contributed by atoms with van der Waals surface area (Å²) in [6.07, 6.45) is 1.72. The van der Waals surface area contributed by atoms with Crippen molar-refractivity contribution in [1.82, 2.24) is 10.0 Å². The fraction of sp³-hybridized carbons (Fsp3) is 0.381. The van der Waals surface area contributed by atoms with E-state index < -0.39 is 10.0 Å². The van der Waals surface area contributed by atoms with E-state index >= 15 is 0 Å². The van der Waals surface area contributed by atoms with Crippen molar-refractivity contribution in [2.75, 3.05) is 6.61 Å². The van der Waals surface area contributed by atoms with Gasteiger partial charge in [-0.05, 0) is 54.7 Å². The number of amides is 1. The van der Waals surface area contributed by atoms with Crippen LogP contribution in [0.1, 0.15) is 42.6 Å². The normalized spacial score (nSPS) is 14.1. The molecule has 1 fully saturated rings. The van der Waals surface area contributed by atoms with Crippen LogP contribution in [-0.2, 0) is 16.6 Å². The highest BCUT2D eigenvalue weighted by molar-refractivity contribution is 7.89. The van der Waals surface area contributed by atoms with Gasteiger partial charge in [-0.25, -0.2) is 13.1 Å². The highest BCUT2D eigenvalue weighted by Crippen LogP contribution is 2.22. The molecule has 0 aromatic heterocycles. The van der Waals surface area contributed by atoms with E-state index in [-0.39, 0.29) is 16.8 Å². The molecule has 0 heterocycles. The molecular weight excluding hydrogens is 376 g/mol. The van der Waals surface area contributed by atoms with Crippen LogP contribution in [0.15, 0.2) is 53.4 Å². The molecule has 2 aromatic carbocycles. The van der Waals surface area contributed by atoms with Crippen molar-refractivity contribution in [2.24, 2.45) is 5.92 Å². The average Bonchev–Trinajstić information content (AvgIpc) is 3.48. The van der Waals surface area contributed by atoms with Gasteiger partial charge in [0.2, 0.25) is 10.0 Å². The van der Waals surface area contributed by atoms with E-state index in [1.54, 1.807) is 12.1 Å². The van der Waals surface area contributed by atoms with Gasteiger partial charge in [0.05, 0.1) is 11.5 Å². The first-order valence-electron chi connectivity index (χ1n) is 9.46. The lowest BCUT2D eigenvalue weighted by Crippen LogP contribution is -2.27. The minimum absolute atomic E-state index is 0.0231. The summed E-state index contributed by atoms with van der Waals surface area (Å²) in [7, 11) is -3.58. The number of hydrogen-bond donors (Lipinski definition) is 2. The van der Waals surface area contributed by atoms with Crippen LogP contribution in [0.3, 0.4) is 0 Å². The monoisotopic (exact) mass is 402 g/mol. The largest absolute Gasteiger partial charge is 0.493 e. The molecule has 0 saturated heterocycles. The summed E-state index contributed by atoms with van der Waals surface area (Å²) in [6, 6.07) is 13.7. The van der Waals surface area contributed by atoms with Gasteiger partial charge in [0.15, 0.2) is 0 Å². The molecule has 1 saturated carbocycles. The molecule has 1 aliphatic carbocycles. The Balaban J connectivity index is 1.58. The zero-order valence-corrected chi connectivity index (χ0v) is 17.0. The van der Waals surface area contributed by atoms with Gasteiger partial charge in [-0.2, -0.15) is 0 Å².